The molecule has 1 heterocycles. The molecule has 1 saturated carbocycles. The number of hydrogen-bond acceptors (Lipinski definition) is 4. The van der Waals surface area contributed by atoms with E-state index < -0.39 is 10.0 Å². The van der Waals surface area contributed by atoms with Crippen LogP contribution in [-0.4, -0.2) is 25.9 Å². The summed E-state index contributed by atoms with van der Waals surface area (Å²) in [6.45, 7) is 1.83. The molecule has 1 atom stereocenters. The number of sulfonamides is 1. The molecule has 0 unspecified atom stereocenters. The van der Waals surface area contributed by atoms with E-state index in [1.165, 1.54) is 30.8 Å². The van der Waals surface area contributed by atoms with Crippen LogP contribution in [0.15, 0.2) is 45.9 Å². The fourth-order valence-electron chi connectivity index (χ4n) is 3.01. The zero-order valence-electron chi connectivity index (χ0n) is 16.4. The number of nitrogens with zero attached hydrogens (tertiary/aromatic N) is 1. The van der Waals surface area contributed by atoms with Gasteiger partial charge in [0.05, 0.1) is 10.5 Å². The van der Waals surface area contributed by atoms with Gasteiger partial charge in [-0.25, -0.2) is 22.5 Å². The van der Waals surface area contributed by atoms with Gasteiger partial charge in [-0.3, -0.25) is 4.79 Å². The molecular weight excluding hydrogens is 497 g/mol. The van der Waals surface area contributed by atoms with E-state index in [2.05, 4.69) is 31.0 Å². The molecule has 1 aliphatic carbocycles. The standard InChI is InChI=1S/C11H14BrClN2O2S.C9H10FNO/c12-10-6-9(7-14-11(10)13)18(16,17)15-8-4-2-1-3-5-8;1-7(11-6-12)8-2-4-9(10)5-3-8/h6-8,15H,1-5H2;2-7H,1H3,(H,11,12)/t;7-/m.1/s1. The summed E-state index contributed by atoms with van der Waals surface area (Å²) in [5.74, 6) is -0.267. The molecule has 0 aliphatic heterocycles. The zero-order valence-corrected chi connectivity index (χ0v) is 19.6. The van der Waals surface area contributed by atoms with Gasteiger partial charge in [-0.05, 0) is 59.5 Å². The van der Waals surface area contributed by atoms with Crippen molar-refractivity contribution >= 4 is 44.0 Å². The van der Waals surface area contributed by atoms with Gasteiger partial charge in [0.1, 0.15) is 15.9 Å². The van der Waals surface area contributed by atoms with E-state index >= 15 is 0 Å². The molecular formula is C20H24BrClFN3O3S. The van der Waals surface area contributed by atoms with Crippen LogP contribution in [0.5, 0.6) is 0 Å². The first kappa shape index (κ1) is 24.7. The molecule has 0 spiro atoms. The SMILES string of the molecule is C[C@@H](NC=O)c1ccc(F)cc1.O=S(=O)(NC1CCCCC1)c1cnc(Cl)c(Br)c1. The van der Waals surface area contributed by atoms with Gasteiger partial charge in [0.15, 0.2) is 0 Å². The quantitative estimate of drug-likeness (QED) is 0.425. The summed E-state index contributed by atoms with van der Waals surface area (Å²) in [7, 11) is -3.50. The molecule has 1 aliphatic rings. The Labute approximate surface area is 189 Å². The fourth-order valence-corrected chi connectivity index (χ4v) is 4.89. The van der Waals surface area contributed by atoms with E-state index in [1.54, 1.807) is 12.1 Å². The second-order valence-corrected chi connectivity index (χ2v) is 9.88. The summed E-state index contributed by atoms with van der Waals surface area (Å²) < 4.78 is 40.0. The summed E-state index contributed by atoms with van der Waals surface area (Å²) in [6, 6.07) is 7.49. The summed E-state index contributed by atoms with van der Waals surface area (Å²) in [5, 5.41) is 2.83. The molecule has 164 valence electrons. The van der Waals surface area contributed by atoms with Crippen molar-refractivity contribution in [2.75, 3.05) is 0 Å². The molecule has 1 fully saturated rings. The number of pyridine rings is 1. The third kappa shape index (κ3) is 7.61. The number of hydrogen-bond donors (Lipinski definition) is 2. The molecule has 0 saturated heterocycles. The smallest absolute Gasteiger partial charge is 0.242 e. The monoisotopic (exact) mass is 519 g/mol. The van der Waals surface area contributed by atoms with E-state index in [9.17, 15) is 17.6 Å². The highest BCUT2D eigenvalue weighted by Gasteiger charge is 2.22. The van der Waals surface area contributed by atoms with E-state index in [1.807, 2.05) is 6.92 Å². The minimum Gasteiger partial charge on any atom is -0.352 e. The van der Waals surface area contributed by atoms with Gasteiger partial charge in [-0.15, -0.1) is 0 Å². The second-order valence-electron chi connectivity index (χ2n) is 6.96. The molecule has 1 aromatic carbocycles. The Morgan fingerprint density at radius 3 is 2.43 bits per heavy atom. The lowest BCUT2D eigenvalue weighted by Crippen LogP contribution is -2.36. The van der Waals surface area contributed by atoms with Crippen LogP contribution in [0.1, 0.15) is 50.6 Å². The molecule has 1 aromatic heterocycles. The molecule has 1 amide bonds. The van der Waals surface area contributed by atoms with Crippen LogP contribution in [0.4, 0.5) is 4.39 Å². The Morgan fingerprint density at radius 2 is 1.87 bits per heavy atom. The Bertz CT molecular complexity index is 939. The largest absolute Gasteiger partial charge is 0.352 e. The number of nitrogens with one attached hydrogen (secondary N) is 2. The Morgan fingerprint density at radius 1 is 1.23 bits per heavy atom. The van der Waals surface area contributed by atoms with Gasteiger partial charge in [0, 0.05) is 12.2 Å². The first-order valence-corrected chi connectivity index (χ1v) is 12.2. The van der Waals surface area contributed by atoms with Crippen LogP contribution in [0, 0.1) is 5.82 Å². The molecule has 0 bridgehead atoms. The summed E-state index contributed by atoms with van der Waals surface area (Å²) in [4.78, 5) is 14.1. The second kappa shape index (κ2) is 11.7. The van der Waals surface area contributed by atoms with E-state index in [-0.39, 0.29) is 27.9 Å². The molecule has 30 heavy (non-hydrogen) atoms. The minimum absolute atomic E-state index is 0.0400. The topological polar surface area (TPSA) is 88.2 Å². The van der Waals surface area contributed by atoms with Crippen molar-refractivity contribution in [2.45, 2.75) is 56.0 Å². The van der Waals surface area contributed by atoms with Gasteiger partial charge in [-0.1, -0.05) is 43.0 Å². The molecule has 3 rings (SSSR count). The average Bonchev–Trinajstić information content (AvgIpc) is 2.71. The number of aromatic nitrogens is 1. The van der Waals surface area contributed by atoms with Gasteiger partial charge in [0.2, 0.25) is 16.4 Å². The van der Waals surface area contributed by atoms with E-state index in [0.29, 0.717) is 10.9 Å². The van der Waals surface area contributed by atoms with Crippen molar-refractivity contribution < 1.29 is 17.6 Å². The molecule has 2 aromatic rings. The van der Waals surface area contributed by atoms with E-state index in [0.717, 1.165) is 31.2 Å². The third-order valence-corrected chi connectivity index (χ3v) is 7.32. The average molecular weight is 521 g/mol. The van der Waals surface area contributed by atoms with Gasteiger partial charge in [-0.2, -0.15) is 0 Å². The lowest BCUT2D eigenvalue weighted by molar-refractivity contribution is -0.110. The van der Waals surface area contributed by atoms with Crippen molar-refractivity contribution in [1.29, 1.82) is 0 Å². The lowest BCUT2D eigenvalue weighted by atomic mass is 9.96. The van der Waals surface area contributed by atoms with Crippen LogP contribution in [-0.2, 0) is 14.8 Å². The Balaban J connectivity index is 0.000000232. The maximum atomic E-state index is 12.4. The summed E-state index contributed by atoms with van der Waals surface area (Å²) in [6.07, 6.45) is 7.06. The van der Waals surface area contributed by atoms with Crippen LogP contribution in [0.3, 0.4) is 0 Å². The third-order valence-electron chi connectivity index (χ3n) is 4.70. The number of benzene rings is 1. The predicted molar refractivity (Wildman–Crippen MR) is 118 cm³/mol. The highest BCUT2D eigenvalue weighted by atomic mass is 79.9. The fraction of sp³-hybridized carbons (Fsp3) is 0.400. The number of amides is 1. The van der Waals surface area contributed by atoms with Crippen LogP contribution >= 0.6 is 27.5 Å². The van der Waals surface area contributed by atoms with Crippen molar-refractivity contribution in [3.63, 3.8) is 0 Å². The van der Waals surface area contributed by atoms with Crippen molar-refractivity contribution in [1.82, 2.24) is 15.0 Å². The van der Waals surface area contributed by atoms with Crippen molar-refractivity contribution in [3.05, 3.63) is 57.5 Å². The van der Waals surface area contributed by atoms with Crippen molar-refractivity contribution in [3.8, 4) is 0 Å². The van der Waals surface area contributed by atoms with Crippen LogP contribution < -0.4 is 10.0 Å². The van der Waals surface area contributed by atoms with Crippen LogP contribution in [0.25, 0.3) is 0 Å². The molecule has 6 nitrogen and oxygen atoms in total. The van der Waals surface area contributed by atoms with Crippen molar-refractivity contribution in [2.24, 2.45) is 0 Å². The van der Waals surface area contributed by atoms with Gasteiger partial charge in [0.25, 0.3) is 0 Å². The highest BCUT2D eigenvalue weighted by molar-refractivity contribution is 9.10. The number of carbonyl (C=O) groups excluding carboxylic acids is 1. The molecule has 2 N–H and O–H groups in total. The zero-order chi connectivity index (χ0) is 22.1. The maximum Gasteiger partial charge on any atom is 0.242 e. The summed E-state index contributed by atoms with van der Waals surface area (Å²) in [5.41, 5.74) is 0.892. The number of halogens is 3. The summed E-state index contributed by atoms with van der Waals surface area (Å²) >= 11 is 8.93. The Kier molecular flexibility index (Phi) is 9.67. The normalized spacial score (nSPS) is 15.6. The highest BCUT2D eigenvalue weighted by Crippen LogP contribution is 2.24. The number of rotatable bonds is 6. The molecule has 0 radical (unpaired) electrons. The first-order valence-electron chi connectivity index (χ1n) is 9.51. The van der Waals surface area contributed by atoms with Gasteiger partial charge < -0.3 is 5.32 Å². The lowest BCUT2D eigenvalue weighted by Gasteiger charge is -2.22. The Hall–Kier alpha value is -1.55. The number of carbonyl (C=O) groups is 1. The van der Waals surface area contributed by atoms with E-state index in [4.69, 9.17) is 11.6 Å². The van der Waals surface area contributed by atoms with Crippen LogP contribution in [0.2, 0.25) is 5.15 Å². The minimum atomic E-state index is -3.50. The molecule has 10 heteroatoms. The predicted octanol–water partition coefficient (Wildman–Crippen LogP) is 4.74. The maximum absolute atomic E-state index is 12.4. The first-order chi connectivity index (χ1) is 14.2. The van der Waals surface area contributed by atoms with Gasteiger partial charge >= 0.3 is 0 Å².